The Kier molecular flexibility index (Phi) is 4.16. The highest BCUT2D eigenvalue weighted by molar-refractivity contribution is 5.64. The molecule has 0 saturated heterocycles. The number of methoxy groups -OCH3 is 1. The highest BCUT2D eigenvalue weighted by atomic mass is 16.5. The van der Waals surface area contributed by atoms with Crippen LogP contribution in [0.2, 0.25) is 0 Å². The van der Waals surface area contributed by atoms with E-state index in [1.165, 1.54) is 11.9 Å². The number of rotatable bonds is 4. The summed E-state index contributed by atoms with van der Waals surface area (Å²) in [6.07, 6.45) is 2.33. The van der Waals surface area contributed by atoms with Gasteiger partial charge in [-0.05, 0) is 30.0 Å². The Labute approximate surface area is 91.0 Å². The number of nitrogens with zero attached hydrogens (tertiary/aromatic N) is 1. The molecule has 0 bridgehead atoms. The summed E-state index contributed by atoms with van der Waals surface area (Å²) in [6.45, 7) is 4.38. The van der Waals surface area contributed by atoms with Gasteiger partial charge in [0.25, 0.3) is 0 Å². The predicted octanol–water partition coefficient (Wildman–Crippen LogP) is 2.51. The average Bonchev–Trinajstić information content (AvgIpc) is 2.18. The number of ether oxygens (including phenoxy) is 1. The van der Waals surface area contributed by atoms with E-state index in [1.54, 1.807) is 7.11 Å². The summed E-state index contributed by atoms with van der Waals surface area (Å²) in [7, 11) is 1.63. The van der Waals surface area contributed by atoms with Crippen LogP contribution in [-0.2, 0) is 6.42 Å². The molecule has 0 spiro atoms. The number of aliphatic imine (C=N–C) groups is 1. The van der Waals surface area contributed by atoms with E-state index < -0.39 is 0 Å². The quantitative estimate of drug-likeness (QED) is 0.607. The van der Waals surface area contributed by atoms with Gasteiger partial charge in [-0.15, -0.1) is 0 Å². The Balaban J connectivity index is 2.99. The van der Waals surface area contributed by atoms with Gasteiger partial charge in [0.05, 0.1) is 13.4 Å². The van der Waals surface area contributed by atoms with Crippen LogP contribution in [0.25, 0.3) is 0 Å². The first-order valence-corrected chi connectivity index (χ1v) is 5.08. The van der Waals surface area contributed by atoms with Crippen LogP contribution in [0.15, 0.2) is 23.2 Å². The minimum atomic E-state index is 0.633. The molecule has 3 heteroatoms. The summed E-state index contributed by atoms with van der Waals surface area (Å²) in [5.74, 6) is 1.39. The van der Waals surface area contributed by atoms with Gasteiger partial charge >= 0.3 is 0 Å². The molecule has 0 aliphatic heterocycles. The van der Waals surface area contributed by atoms with Crippen molar-refractivity contribution in [2.75, 3.05) is 7.11 Å². The molecule has 0 radical (unpaired) electrons. The molecule has 0 saturated carbocycles. The summed E-state index contributed by atoms with van der Waals surface area (Å²) >= 11 is 0. The van der Waals surface area contributed by atoms with Gasteiger partial charge in [0, 0.05) is 0 Å². The zero-order valence-corrected chi connectivity index (χ0v) is 9.53. The van der Waals surface area contributed by atoms with Crippen molar-refractivity contribution in [2.45, 2.75) is 20.3 Å². The van der Waals surface area contributed by atoms with Gasteiger partial charge in [-0.1, -0.05) is 19.9 Å². The van der Waals surface area contributed by atoms with Gasteiger partial charge in [0.1, 0.15) is 11.4 Å². The number of hydrogen-bond donors (Lipinski definition) is 1. The fraction of sp³-hybridized carbons (Fsp3) is 0.417. The van der Waals surface area contributed by atoms with E-state index in [0.29, 0.717) is 5.92 Å². The molecule has 1 rings (SSSR count). The maximum atomic E-state index is 5.29. The first kappa shape index (κ1) is 11.6. The van der Waals surface area contributed by atoms with Crippen molar-refractivity contribution < 1.29 is 4.74 Å². The zero-order valence-electron chi connectivity index (χ0n) is 9.53. The average molecular weight is 206 g/mol. The third-order valence-corrected chi connectivity index (χ3v) is 2.10. The molecule has 3 nitrogen and oxygen atoms in total. The molecule has 82 valence electrons. The summed E-state index contributed by atoms with van der Waals surface area (Å²) in [5.41, 5.74) is 7.33. The molecule has 15 heavy (non-hydrogen) atoms. The van der Waals surface area contributed by atoms with E-state index >= 15 is 0 Å². The Bertz CT molecular complexity index is 345. The largest absolute Gasteiger partial charge is 0.494 e. The SMILES string of the molecule is COc1ccc(CC(C)C)cc1N=CN. The van der Waals surface area contributed by atoms with Crippen LogP contribution < -0.4 is 10.5 Å². The van der Waals surface area contributed by atoms with Crippen molar-refractivity contribution in [1.29, 1.82) is 0 Å². The molecular formula is C12H18N2O. The van der Waals surface area contributed by atoms with Crippen LogP contribution >= 0.6 is 0 Å². The Morgan fingerprint density at radius 1 is 1.47 bits per heavy atom. The van der Waals surface area contributed by atoms with E-state index in [-0.39, 0.29) is 0 Å². The number of hydrogen-bond acceptors (Lipinski definition) is 2. The van der Waals surface area contributed by atoms with Crippen LogP contribution in [0.1, 0.15) is 19.4 Å². The van der Waals surface area contributed by atoms with E-state index in [1.807, 2.05) is 12.1 Å². The predicted molar refractivity (Wildman–Crippen MR) is 63.9 cm³/mol. The number of benzene rings is 1. The summed E-state index contributed by atoms with van der Waals surface area (Å²) in [5, 5.41) is 0. The monoisotopic (exact) mass is 206 g/mol. The molecule has 0 heterocycles. The second-order valence-corrected chi connectivity index (χ2v) is 3.88. The van der Waals surface area contributed by atoms with Crippen LogP contribution in [0.4, 0.5) is 5.69 Å². The van der Waals surface area contributed by atoms with Gasteiger partial charge in [-0.25, -0.2) is 4.99 Å². The maximum Gasteiger partial charge on any atom is 0.144 e. The highest BCUT2D eigenvalue weighted by Gasteiger charge is 2.04. The Hall–Kier alpha value is -1.51. The van der Waals surface area contributed by atoms with Crippen molar-refractivity contribution >= 4 is 12.0 Å². The lowest BCUT2D eigenvalue weighted by atomic mass is 10.0. The van der Waals surface area contributed by atoms with Gasteiger partial charge in [0.2, 0.25) is 0 Å². The lowest BCUT2D eigenvalue weighted by molar-refractivity contribution is 0.416. The molecule has 0 amide bonds. The van der Waals surface area contributed by atoms with E-state index in [2.05, 4.69) is 24.9 Å². The van der Waals surface area contributed by atoms with Gasteiger partial charge < -0.3 is 10.5 Å². The van der Waals surface area contributed by atoms with E-state index in [9.17, 15) is 0 Å². The van der Waals surface area contributed by atoms with E-state index in [0.717, 1.165) is 17.9 Å². The summed E-state index contributed by atoms with van der Waals surface area (Å²) in [6, 6.07) is 6.01. The third-order valence-electron chi connectivity index (χ3n) is 2.10. The molecule has 0 unspecified atom stereocenters. The fourth-order valence-electron chi connectivity index (χ4n) is 1.52. The molecule has 1 aromatic carbocycles. The third kappa shape index (κ3) is 3.27. The van der Waals surface area contributed by atoms with Gasteiger partial charge in [0.15, 0.2) is 0 Å². The van der Waals surface area contributed by atoms with Crippen LogP contribution in [0, 0.1) is 5.92 Å². The fourth-order valence-corrected chi connectivity index (χ4v) is 1.52. The van der Waals surface area contributed by atoms with Gasteiger partial charge in [-0.2, -0.15) is 0 Å². The Morgan fingerprint density at radius 2 is 2.20 bits per heavy atom. The van der Waals surface area contributed by atoms with Crippen molar-refractivity contribution in [3.8, 4) is 5.75 Å². The standard InChI is InChI=1S/C12H18N2O/c1-9(2)6-10-4-5-12(15-3)11(7-10)14-8-13/h4-5,7-9H,6H2,1-3H3,(H2,13,14). The lowest BCUT2D eigenvalue weighted by Gasteiger charge is -2.08. The molecule has 0 atom stereocenters. The minimum absolute atomic E-state index is 0.633. The van der Waals surface area contributed by atoms with Crippen LogP contribution in [0.5, 0.6) is 5.75 Å². The van der Waals surface area contributed by atoms with Gasteiger partial charge in [-0.3, -0.25) is 0 Å². The zero-order chi connectivity index (χ0) is 11.3. The first-order valence-electron chi connectivity index (χ1n) is 5.08. The first-order chi connectivity index (χ1) is 7.17. The molecule has 0 aliphatic rings. The second kappa shape index (κ2) is 5.39. The van der Waals surface area contributed by atoms with Crippen LogP contribution in [0.3, 0.4) is 0 Å². The van der Waals surface area contributed by atoms with Crippen LogP contribution in [-0.4, -0.2) is 13.4 Å². The maximum absolute atomic E-state index is 5.29. The molecular weight excluding hydrogens is 188 g/mol. The number of nitrogens with two attached hydrogens (primary N) is 1. The van der Waals surface area contributed by atoms with Crippen molar-refractivity contribution in [3.63, 3.8) is 0 Å². The van der Waals surface area contributed by atoms with E-state index in [4.69, 9.17) is 10.5 Å². The van der Waals surface area contributed by atoms with Crippen molar-refractivity contribution in [1.82, 2.24) is 0 Å². The smallest absolute Gasteiger partial charge is 0.144 e. The summed E-state index contributed by atoms with van der Waals surface area (Å²) < 4.78 is 5.19. The molecule has 0 aliphatic carbocycles. The lowest BCUT2D eigenvalue weighted by Crippen LogP contribution is -1.95. The molecule has 0 fully saturated rings. The van der Waals surface area contributed by atoms with Crippen molar-refractivity contribution in [2.24, 2.45) is 16.6 Å². The second-order valence-electron chi connectivity index (χ2n) is 3.88. The normalized spacial score (nSPS) is 11.2. The highest BCUT2D eigenvalue weighted by Crippen LogP contribution is 2.28. The topological polar surface area (TPSA) is 47.6 Å². The Morgan fingerprint density at radius 3 is 2.73 bits per heavy atom. The molecule has 2 N–H and O–H groups in total. The molecule has 1 aromatic rings. The van der Waals surface area contributed by atoms with Crippen molar-refractivity contribution in [3.05, 3.63) is 23.8 Å². The molecule has 0 aromatic heterocycles. The summed E-state index contributed by atoms with van der Waals surface area (Å²) in [4.78, 5) is 4.07. The minimum Gasteiger partial charge on any atom is -0.494 e.